The molecular weight excluding hydrogens is 234 g/mol. The third-order valence-corrected chi connectivity index (χ3v) is 3.87. The lowest BCUT2D eigenvalue weighted by Crippen LogP contribution is -2.36. The van der Waals surface area contributed by atoms with Gasteiger partial charge < -0.3 is 4.74 Å². The largest absolute Gasteiger partial charge is 0.465 e. The van der Waals surface area contributed by atoms with Crippen molar-refractivity contribution in [2.45, 2.75) is 46.7 Å². The molecule has 1 aromatic rings. The van der Waals surface area contributed by atoms with Crippen molar-refractivity contribution in [3.63, 3.8) is 0 Å². The monoisotopic (exact) mass is 255 g/mol. The molecule has 96 valence electrons. The van der Waals surface area contributed by atoms with E-state index in [0.29, 0.717) is 6.61 Å². The minimum absolute atomic E-state index is 0.153. The highest BCUT2D eigenvalue weighted by atomic mass is 32.1. The smallest absolute Gasteiger partial charge is 0.323 e. The highest BCUT2D eigenvalue weighted by Crippen LogP contribution is 2.20. The van der Waals surface area contributed by atoms with E-state index in [2.05, 4.69) is 25.2 Å². The molecule has 0 aromatic carbocycles. The molecule has 0 saturated carbocycles. The predicted octanol–water partition coefficient (Wildman–Crippen LogP) is 2.80. The van der Waals surface area contributed by atoms with Gasteiger partial charge in [-0.25, -0.2) is 0 Å². The molecule has 1 aromatic heterocycles. The first-order valence-corrected chi connectivity index (χ1v) is 6.86. The number of ether oxygens (including phenoxy) is 1. The molecule has 0 amide bonds. The number of rotatable bonds is 6. The van der Waals surface area contributed by atoms with Crippen LogP contribution in [-0.2, 0) is 16.1 Å². The zero-order valence-corrected chi connectivity index (χ0v) is 11.8. The molecule has 1 rings (SSSR count). The Hall–Kier alpha value is -0.870. The molecule has 0 saturated heterocycles. The van der Waals surface area contributed by atoms with Gasteiger partial charge in [0.2, 0.25) is 0 Å². The number of carbonyl (C=O) groups is 1. The second kappa shape index (κ2) is 6.77. The Bertz CT molecular complexity index is 354. The van der Waals surface area contributed by atoms with Gasteiger partial charge in [0.05, 0.1) is 6.61 Å². The Labute approximate surface area is 107 Å². The Morgan fingerprint density at radius 2 is 2.18 bits per heavy atom. The Balaban J connectivity index is 2.50. The van der Waals surface area contributed by atoms with E-state index in [1.807, 2.05) is 13.8 Å². The van der Waals surface area contributed by atoms with Crippen molar-refractivity contribution >= 4 is 17.3 Å². The lowest BCUT2D eigenvalue weighted by atomic mass is 10.2. The number of thiophene rings is 1. The summed E-state index contributed by atoms with van der Waals surface area (Å²) >= 11 is 1.78. The topological polar surface area (TPSA) is 38.3 Å². The molecule has 1 heterocycles. The first kappa shape index (κ1) is 14.2. The summed E-state index contributed by atoms with van der Waals surface area (Å²) in [6, 6.07) is 1.97. The molecule has 4 heteroatoms. The van der Waals surface area contributed by atoms with Crippen LogP contribution in [0.2, 0.25) is 0 Å². The van der Waals surface area contributed by atoms with Crippen molar-refractivity contribution in [1.29, 1.82) is 0 Å². The molecule has 17 heavy (non-hydrogen) atoms. The van der Waals surface area contributed by atoms with Gasteiger partial charge in [0, 0.05) is 16.3 Å². The van der Waals surface area contributed by atoms with Crippen molar-refractivity contribution in [3.8, 4) is 0 Å². The molecule has 0 bridgehead atoms. The van der Waals surface area contributed by atoms with E-state index in [0.717, 1.165) is 13.0 Å². The van der Waals surface area contributed by atoms with E-state index in [9.17, 15) is 4.79 Å². The lowest BCUT2D eigenvalue weighted by molar-refractivity contribution is -0.145. The van der Waals surface area contributed by atoms with E-state index in [-0.39, 0.29) is 12.0 Å². The van der Waals surface area contributed by atoms with Gasteiger partial charge in [0.1, 0.15) is 6.04 Å². The highest BCUT2D eigenvalue weighted by Gasteiger charge is 2.16. The summed E-state index contributed by atoms with van der Waals surface area (Å²) in [6.07, 6.45) is 0.752. The maximum atomic E-state index is 11.6. The molecule has 3 nitrogen and oxygen atoms in total. The number of hydrogen-bond acceptors (Lipinski definition) is 4. The fraction of sp³-hybridized carbons (Fsp3) is 0.615. The SMILES string of the molecule is CCOC(=O)C(CC)NCc1cc(C)c(C)s1. The summed E-state index contributed by atoms with van der Waals surface area (Å²) in [5.74, 6) is -0.153. The van der Waals surface area contributed by atoms with Gasteiger partial charge in [-0.1, -0.05) is 6.92 Å². The molecule has 1 unspecified atom stereocenters. The maximum Gasteiger partial charge on any atom is 0.323 e. The minimum Gasteiger partial charge on any atom is -0.465 e. The first-order chi connectivity index (χ1) is 8.08. The third kappa shape index (κ3) is 4.13. The fourth-order valence-electron chi connectivity index (χ4n) is 1.60. The molecule has 0 aliphatic heterocycles. The Morgan fingerprint density at radius 1 is 1.47 bits per heavy atom. The average molecular weight is 255 g/mol. The van der Waals surface area contributed by atoms with Crippen LogP contribution in [0.25, 0.3) is 0 Å². The summed E-state index contributed by atoms with van der Waals surface area (Å²) in [4.78, 5) is 14.2. The quantitative estimate of drug-likeness (QED) is 0.794. The molecule has 0 aliphatic rings. The molecule has 0 radical (unpaired) electrons. The zero-order valence-electron chi connectivity index (χ0n) is 11.0. The van der Waals surface area contributed by atoms with Gasteiger partial charge in [-0.3, -0.25) is 10.1 Å². The molecule has 1 N–H and O–H groups in total. The average Bonchev–Trinajstić information content (AvgIpc) is 2.59. The second-order valence-corrected chi connectivity index (χ2v) is 5.39. The van der Waals surface area contributed by atoms with Crippen LogP contribution in [-0.4, -0.2) is 18.6 Å². The van der Waals surface area contributed by atoms with Crippen LogP contribution in [0.5, 0.6) is 0 Å². The number of nitrogens with one attached hydrogen (secondary N) is 1. The van der Waals surface area contributed by atoms with Gasteiger partial charge >= 0.3 is 5.97 Å². The standard InChI is InChI=1S/C13H21NO2S/c1-5-12(13(15)16-6-2)14-8-11-7-9(3)10(4)17-11/h7,12,14H,5-6,8H2,1-4H3. The van der Waals surface area contributed by atoms with Crippen LogP contribution in [0, 0.1) is 13.8 Å². The van der Waals surface area contributed by atoms with Crippen molar-refractivity contribution in [2.75, 3.05) is 6.61 Å². The van der Waals surface area contributed by atoms with Gasteiger partial charge in [-0.15, -0.1) is 11.3 Å². The summed E-state index contributed by atoms with van der Waals surface area (Å²) in [6.45, 7) is 9.21. The number of aryl methyl sites for hydroxylation is 2. The number of esters is 1. The van der Waals surface area contributed by atoms with Gasteiger partial charge in [-0.2, -0.15) is 0 Å². The van der Waals surface area contributed by atoms with Crippen LogP contribution in [0.15, 0.2) is 6.07 Å². The van der Waals surface area contributed by atoms with E-state index >= 15 is 0 Å². The Kier molecular flexibility index (Phi) is 5.65. The van der Waals surface area contributed by atoms with Crippen LogP contribution in [0.3, 0.4) is 0 Å². The van der Waals surface area contributed by atoms with Crippen LogP contribution >= 0.6 is 11.3 Å². The van der Waals surface area contributed by atoms with E-state index in [4.69, 9.17) is 4.74 Å². The fourth-order valence-corrected chi connectivity index (χ4v) is 2.60. The van der Waals surface area contributed by atoms with E-state index in [1.165, 1.54) is 15.3 Å². The normalized spacial score (nSPS) is 12.5. The summed E-state index contributed by atoms with van der Waals surface area (Å²) in [5, 5.41) is 3.25. The Morgan fingerprint density at radius 3 is 2.65 bits per heavy atom. The zero-order chi connectivity index (χ0) is 12.8. The highest BCUT2D eigenvalue weighted by molar-refractivity contribution is 7.12. The van der Waals surface area contributed by atoms with Crippen molar-refractivity contribution in [3.05, 3.63) is 21.4 Å². The molecular formula is C13H21NO2S. The van der Waals surface area contributed by atoms with E-state index in [1.54, 1.807) is 11.3 Å². The number of carbonyl (C=O) groups excluding carboxylic acids is 1. The third-order valence-electron chi connectivity index (χ3n) is 2.72. The molecule has 1 atom stereocenters. The summed E-state index contributed by atoms with van der Waals surface area (Å²) in [5.41, 5.74) is 1.32. The first-order valence-electron chi connectivity index (χ1n) is 6.04. The summed E-state index contributed by atoms with van der Waals surface area (Å²) in [7, 11) is 0. The van der Waals surface area contributed by atoms with Gasteiger partial charge in [0.25, 0.3) is 0 Å². The van der Waals surface area contributed by atoms with Gasteiger partial charge in [0.15, 0.2) is 0 Å². The van der Waals surface area contributed by atoms with Crippen LogP contribution in [0.4, 0.5) is 0 Å². The predicted molar refractivity (Wildman–Crippen MR) is 71.3 cm³/mol. The lowest BCUT2D eigenvalue weighted by Gasteiger charge is -2.14. The minimum atomic E-state index is -0.197. The number of hydrogen-bond donors (Lipinski definition) is 1. The second-order valence-electron chi connectivity index (χ2n) is 4.05. The van der Waals surface area contributed by atoms with Crippen molar-refractivity contribution in [2.24, 2.45) is 0 Å². The van der Waals surface area contributed by atoms with Gasteiger partial charge in [-0.05, 0) is 38.8 Å². The van der Waals surface area contributed by atoms with E-state index < -0.39 is 0 Å². The molecule has 0 fully saturated rings. The van der Waals surface area contributed by atoms with Crippen LogP contribution in [0.1, 0.15) is 35.6 Å². The van der Waals surface area contributed by atoms with Crippen molar-refractivity contribution < 1.29 is 9.53 Å². The summed E-state index contributed by atoms with van der Waals surface area (Å²) < 4.78 is 5.01. The molecule has 0 aliphatic carbocycles. The van der Waals surface area contributed by atoms with Crippen LogP contribution < -0.4 is 5.32 Å². The maximum absolute atomic E-state index is 11.6. The molecule has 0 spiro atoms. The van der Waals surface area contributed by atoms with Crippen molar-refractivity contribution in [1.82, 2.24) is 5.32 Å².